The summed E-state index contributed by atoms with van der Waals surface area (Å²) in [6.07, 6.45) is 0. The van der Waals surface area contributed by atoms with E-state index in [1.165, 1.54) is 11.8 Å². The Labute approximate surface area is 123 Å². The average molecular weight is 301 g/mol. The van der Waals surface area contributed by atoms with Gasteiger partial charge in [-0.15, -0.1) is 0 Å². The normalized spacial score (nSPS) is 11.8. The molecule has 1 atom stereocenters. The third-order valence-electron chi connectivity index (χ3n) is 2.60. The van der Waals surface area contributed by atoms with Gasteiger partial charge in [0.25, 0.3) is 0 Å². The molecule has 6 heteroatoms. The molecule has 1 rings (SSSR count). The quantitative estimate of drug-likeness (QED) is 0.814. The highest BCUT2D eigenvalue weighted by atomic mass is 35.5. The summed E-state index contributed by atoms with van der Waals surface area (Å²) in [4.78, 5) is 24.7. The highest BCUT2D eigenvalue weighted by Crippen LogP contribution is 2.16. The van der Waals surface area contributed by atoms with Gasteiger partial charge >= 0.3 is 0 Å². The van der Waals surface area contributed by atoms with Crippen molar-refractivity contribution >= 4 is 36.0 Å². The van der Waals surface area contributed by atoms with Crippen LogP contribution >= 0.6 is 24.2 Å². The number of carbonyl (C=O) groups is 2. The zero-order valence-corrected chi connectivity index (χ0v) is 12.5. The molecule has 0 aliphatic rings. The third kappa shape index (κ3) is 4.76. The Balaban J connectivity index is 2.71. The first-order valence-corrected chi connectivity index (χ1v) is 6.83. The highest BCUT2D eigenvalue weighted by Gasteiger charge is 2.21. The number of benzene rings is 1. The van der Waals surface area contributed by atoms with E-state index in [2.05, 4.69) is 17.9 Å². The SMILES string of the molecule is CC(=O)NC(CS)C(=O)N(C)Cc1ccccc1Cl. The lowest BCUT2D eigenvalue weighted by Crippen LogP contribution is -2.47. The molecule has 1 unspecified atom stereocenters. The topological polar surface area (TPSA) is 49.4 Å². The Morgan fingerprint density at radius 1 is 1.42 bits per heavy atom. The molecule has 0 fully saturated rings. The number of halogens is 1. The van der Waals surface area contributed by atoms with Gasteiger partial charge in [0.2, 0.25) is 11.8 Å². The lowest BCUT2D eigenvalue weighted by molar-refractivity contribution is -0.134. The van der Waals surface area contributed by atoms with Gasteiger partial charge in [-0.25, -0.2) is 0 Å². The number of likely N-dealkylation sites (N-methyl/N-ethyl adjacent to an activating group) is 1. The van der Waals surface area contributed by atoms with E-state index in [4.69, 9.17) is 11.6 Å². The minimum absolute atomic E-state index is 0.190. The molecule has 0 heterocycles. The second kappa shape index (κ2) is 7.40. The van der Waals surface area contributed by atoms with Gasteiger partial charge in [0.15, 0.2) is 0 Å². The molecule has 1 N–H and O–H groups in total. The van der Waals surface area contributed by atoms with Crippen molar-refractivity contribution in [2.75, 3.05) is 12.8 Å². The molecule has 2 amide bonds. The number of hydrogen-bond acceptors (Lipinski definition) is 3. The first-order chi connectivity index (χ1) is 8.95. The summed E-state index contributed by atoms with van der Waals surface area (Å²) in [7, 11) is 1.67. The fourth-order valence-corrected chi connectivity index (χ4v) is 2.10. The maximum atomic E-state index is 12.1. The summed E-state index contributed by atoms with van der Waals surface area (Å²) in [5.74, 6) is -0.186. The molecule has 4 nitrogen and oxygen atoms in total. The van der Waals surface area contributed by atoms with Crippen molar-refractivity contribution in [1.29, 1.82) is 0 Å². The minimum Gasteiger partial charge on any atom is -0.344 e. The maximum Gasteiger partial charge on any atom is 0.246 e. The van der Waals surface area contributed by atoms with Gasteiger partial charge in [-0.3, -0.25) is 9.59 Å². The van der Waals surface area contributed by atoms with E-state index in [1.807, 2.05) is 18.2 Å². The van der Waals surface area contributed by atoms with Crippen LogP contribution in [0.5, 0.6) is 0 Å². The van der Waals surface area contributed by atoms with E-state index >= 15 is 0 Å². The summed E-state index contributed by atoms with van der Waals surface area (Å²) >= 11 is 10.1. The lowest BCUT2D eigenvalue weighted by Gasteiger charge is -2.23. The van der Waals surface area contributed by atoms with Gasteiger partial charge in [0, 0.05) is 31.3 Å². The van der Waals surface area contributed by atoms with Crippen LogP contribution in [0.15, 0.2) is 24.3 Å². The van der Waals surface area contributed by atoms with E-state index < -0.39 is 6.04 Å². The molecule has 0 radical (unpaired) electrons. The number of amides is 2. The molecule has 0 aromatic heterocycles. The van der Waals surface area contributed by atoms with Gasteiger partial charge in [-0.2, -0.15) is 12.6 Å². The number of nitrogens with one attached hydrogen (secondary N) is 1. The van der Waals surface area contributed by atoms with Crippen molar-refractivity contribution in [3.05, 3.63) is 34.9 Å². The monoisotopic (exact) mass is 300 g/mol. The summed E-state index contributed by atoms with van der Waals surface area (Å²) in [5, 5.41) is 3.19. The van der Waals surface area contributed by atoms with Gasteiger partial charge in [-0.05, 0) is 11.6 Å². The second-order valence-electron chi connectivity index (χ2n) is 4.22. The molecule has 0 saturated heterocycles. The summed E-state index contributed by atoms with van der Waals surface area (Å²) in [6, 6.07) is 6.72. The Hall–Kier alpha value is -1.20. The van der Waals surface area contributed by atoms with Crippen molar-refractivity contribution in [3.8, 4) is 0 Å². The van der Waals surface area contributed by atoms with Gasteiger partial charge in [-0.1, -0.05) is 29.8 Å². The maximum absolute atomic E-state index is 12.1. The van der Waals surface area contributed by atoms with Crippen LogP contribution < -0.4 is 5.32 Å². The zero-order valence-electron chi connectivity index (χ0n) is 10.9. The van der Waals surface area contributed by atoms with Crippen molar-refractivity contribution in [3.63, 3.8) is 0 Å². The van der Waals surface area contributed by atoms with Crippen molar-refractivity contribution in [1.82, 2.24) is 10.2 Å². The largest absolute Gasteiger partial charge is 0.344 e. The summed E-state index contributed by atoms with van der Waals surface area (Å²) in [5.41, 5.74) is 0.862. The number of nitrogens with zero attached hydrogens (tertiary/aromatic N) is 1. The molecular weight excluding hydrogens is 284 g/mol. The van der Waals surface area contributed by atoms with Gasteiger partial charge in [0.1, 0.15) is 6.04 Å². The molecule has 19 heavy (non-hydrogen) atoms. The molecule has 0 spiro atoms. The van der Waals surface area contributed by atoms with Crippen LogP contribution in [0.1, 0.15) is 12.5 Å². The first-order valence-electron chi connectivity index (χ1n) is 5.82. The highest BCUT2D eigenvalue weighted by molar-refractivity contribution is 7.80. The van der Waals surface area contributed by atoms with E-state index in [-0.39, 0.29) is 17.6 Å². The van der Waals surface area contributed by atoms with Crippen molar-refractivity contribution in [2.24, 2.45) is 0 Å². The Bertz CT molecular complexity index is 468. The zero-order chi connectivity index (χ0) is 14.4. The molecule has 1 aromatic rings. The molecular formula is C13H17ClN2O2S. The van der Waals surface area contributed by atoms with Crippen LogP contribution in [0, 0.1) is 0 Å². The molecule has 0 aliphatic heterocycles. The predicted molar refractivity (Wildman–Crippen MR) is 79.4 cm³/mol. The van der Waals surface area contributed by atoms with Crippen LogP contribution in [-0.4, -0.2) is 35.6 Å². The van der Waals surface area contributed by atoms with Crippen LogP contribution in [0.4, 0.5) is 0 Å². The number of carbonyl (C=O) groups excluding carboxylic acids is 2. The van der Waals surface area contributed by atoms with E-state index in [0.29, 0.717) is 11.6 Å². The van der Waals surface area contributed by atoms with Crippen LogP contribution in [0.2, 0.25) is 5.02 Å². The van der Waals surface area contributed by atoms with E-state index in [1.54, 1.807) is 13.1 Å². The molecule has 104 valence electrons. The van der Waals surface area contributed by atoms with Crippen molar-refractivity contribution in [2.45, 2.75) is 19.5 Å². The van der Waals surface area contributed by atoms with Gasteiger partial charge < -0.3 is 10.2 Å². The fourth-order valence-electron chi connectivity index (χ4n) is 1.66. The molecule has 0 saturated carbocycles. The smallest absolute Gasteiger partial charge is 0.246 e. The van der Waals surface area contributed by atoms with E-state index in [0.717, 1.165) is 5.56 Å². The Morgan fingerprint density at radius 3 is 2.58 bits per heavy atom. The lowest BCUT2D eigenvalue weighted by atomic mass is 10.2. The molecule has 0 bridgehead atoms. The summed E-state index contributed by atoms with van der Waals surface area (Å²) in [6.45, 7) is 1.76. The standard InChI is InChI=1S/C13H17ClN2O2S/c1-9(17)15-12(8-19)13(18)16(2)7-10-5-3-4-6-11(10)14/h3-6,12,19H,7-8H2,1-2H3,(H,15,17). The number of hydrogen-bond donors (Lipinski definition) is 2. The third-order valence-corrected chi connectivity index (χ3v) is 3.33. The average Bonchev–Trinajstić information content (AvgIpc) is 2.37. The Morgan fingerprint density at radius 2 is 2.05 bits per heavy atom. The van der Waals surface area contributed by atoms with Crippen LogP contribution in [0.25, 0.3) is 0 Å². The van der Waals surface area contributed by atoms with Crippen LogP contribution in [-0.2, 0) is 16.1 Å². The minimum atomic E-state index is -0.617. The first kappa shape index (κ1) is 15.9. The summed E-state index contributed by atoms with van der Waals surface area (Å²) < 4.78 is 0. The van der Waals surface area contributed by atoms with Crippen molar-refractivity contribution < 1.29 is 9.59 Å². The van der Waals surface area contributed by atoms with Crippen LogP contribution in [0.3, 0.4) is 0 Å². The molecule has 1 aromatic carbocycles. The van der Waals surface area contributed by atoms with Gasteiger partial charge in [0.05, 0.1) is 0 Å². The fraction of sp³-hybridized carbons (Fsp3) is 0.385. The second-order valence-corrected chi connectivity index (χ2v) is 4.99. The molecule has 0 aliphatic carbocycles. The Kier molecular flexibility index (Phi) is 6.18. The van der Waals surface area contributed by atoms with E-state index in [9.17, 15) is 9.59 Å². The predicted octanol–water partition coefficient (Wildman–Crippen LogP) is 1.73. The number of rotatable bonds is 5. The number of thiol groups is 1.